The first-order valence-electron chi connectivity index (χ1n) is 3.80. The van der Waals surface area contributed by atoms with Crippen molar-refractivity contribution in [3.63, 3.8) is 0 Å². The maximum atomic E-state index is 11.1. The van der Waals surface area contributed by atoms with Crippen LogP contribution >= 0.6 is 11.8 Å². The van der Waals surface area contributed by atoms with Crippen LogP contribution < -0.4 is 0 Å². The van der Waals surface area contributed by atoms with Gasteiger partial charge < -0.3 is 0 Å². The summed E-state index contributed by atoms with van der Waals surface area (Å²) >= 11 is 1.69. The average molecular weight is 180 g/mol. The molecule has 1 aromatic rings. The van der Waals surface area contributed by atoms with Crippen molar-refractivity contribution >= 4 is 17.5 Å². The molecule has 0 aliphatic rings. The molecule has 1 nitrogen and oxygen atoms in total. The van der Waals surface area contributed by atoms with Gasteiger partial charge in [-0.2, -0.15) is 0 Å². The van der Waals surface area contributed by atoms with Crippen LogP contribution in [0.1, 0.15) is 22.8 Å². The molecule has 0 fully saturated rings. The summed E-state index contributed by atoms with van der Waals surface area (Å²) in [6.45, 7) is 3.57. The van der Waals surface area contributed by atoms with E-state index in [-0.39, 0.29) is 5.78 Å². The topological polar surface area (TPSA) is 17.1 Å². The van der Waals surface area contributed by atoms with Crippen molar-refractivity contribution in [1.82, 2.24) is 0 Å². The van der Waals surface area contributed by atoms with Crippen LogP contribution in [0, 0.1) is 6.92 Å². The predicted octanol–water partition coefficient (Wildman–Crippen LogP) is 2.92. The minimum Gasteiger partial charge on any atom is -0.295 e. The molecule has 2 heteroatoms. The van der Waals surface area contributed by atoms with Crippen molar-refractivity contribution in [2.75, 3.05) is 6.26 Å². The van der Waals surface area contributed by atoms with Crippen LogP contribution in [0.5, 0.6) is 0 Å². The molecule has 0 aromatic heterocycles. The number of hydrogen-bond donors (Lipinski definition) is 0. The Labute approximate surface area is 77.2 Å². The highest BCUT2D eigenvalue weighted by Gasteiger charge is 2.03. The van der Waals surface area contributed by atoms with E-state index < -0.39 is 0 Å². The van der Waals surface area contributed by atoms with Crippen molar-refractivity contribution in [1.29, 1.82) is 0 Å². The second-order valence-corrected chi connectivity index (χ2v) is 3.62. The number of rotatable bonds is 2. The zero-order valence-corrected chi connectivity index (χ0v) is 8.37. The minimum absolute atomic E-state index is 0.139. The van der Waals surface area contributed by atoms with E-state index in [4.69, 9.17) is 0 Å². The zero-order valence-electron chi connectivity index (χ0n) is 7.55. The lowest BCUT2D eigenvalue weighted by atomic mass is 10.1. The molecule has 0 saturated heterocycles. The van der Waals surface area contributed by atoms with E-state index in [9.17, 15) is 4.79 Å². The third-order valence-corrected chi connectivity index (χ3v) is 2.54. The van der Waals surface area contributed by atoms with E-state index in [1.165, 1.54) is 4.90 Å². The highest BCUT2D eigenvalue weighted by atomic mass is 32.2. The summed E-state index contributed by atoms with van der Waals surface area (Å²) in [5.41, 5.74) is 1.89. The van der Waals surface area contributed by atoms with Gasteiger partial charge in [-0.05, 0) is 37.8 Å². The molecule has 64 valence electrons. The fourth-order valence-corrected chi connectivity index (χ4v) is 1.66. The van der Waals surface area contributed by atoms with Gasteiger partial charge in [-0.3, -0.25) is 4.79 Å². The lowest BCUT2D eigenvalue weighted by Gasteiger charge is -2.03. The van der Waals surface area contributed by atoms with Gasteiger partial charge in [-0.15, -0.1) is 11.8 Å². The third-order valence-electron chi connectivity index (χ3n) is 1.81. The number of carbonyl (C=O) groups excluding carboxylic acids is 1. The third kappa shape index (κ3) is 1.89. The van der Waals surface area contributed by atoms with Crippen LogP contribution in [0.4, 0.5) is 0 Å². The molecule has 1 aromatic carbocycles. The Morgan fingerprint density at radius 1 is 1.42 bits per heavy atom. The van der Waals surface area contributed by atoms with E-state index in [0.717, 1.165) is 11.1 Å². The van der Waals surface area contributed by atoms with Crippen LogP contribution in [0.2, 0.25) is 0 Å². The first-order valence-corrected chi connectivity index (χ1v) is 5.03. The van der Waals surface area contributed by atoms with Crippen molar-refractivity contribution < 1.29 is 4.79 Å². The molecular formula is C10H12OS. The van der Waals surface area contributed by atoms with Crippen molar-refractivity contribution in [3.8, 4) is 0 Å². The minimum atomic E-state index is 0.139. The number of Topliss-reactive ketones (excluding diaryl/α,β-unsaturated/α-hetero) is 1. The molecule has 0 bridgehead atoms. The van der Waals surface area contributed by atoms with Gasteiger partial charge in [0.1, 0.15) is 0 Å². The van der Waals surface area contributed by atoms with Gasteiger partial charge in [0.15, 0.2) is 5.78 Å². The van der Waals surface area contributed by atoms with Crippen LogP contribution in [0.15, 0.2) is 23.1 Å². The standard InChI is InChI=1S/C10H12OS/c1-7-6-9(12-3)4-5-10(7)8(2)11/h4-6H,1-3H3. The van der Waals surface area contributed by atoms with Gasteiger partial charge in [0, 0.05) is 10.5 Å². The van der Waals surface area contributed by atoms with Crippen molar-refractivity contribution in [3.05, 3.63) is 29.3 Å². The molecule has 1 rings (SSSR count). The van der Waals surface area contributed by atoms with E-state index in [1.807, 2.05) is 31.4 Å². The summed E-state index contributed by atoms with van der Waals surface area (Å²) in [7, 11) is 0. The monoisotopic (exact) mass is 180 g/mol. The lowest BCUT2D eigenvalue weighted by Crippen LogP contribution is -1.95. The molecule has 0 saturated carbocycles. The Kier molecular flexibility index (Phi) is 2.93. The highest BCUT2D eigenvalue weighted by molar-refractivity contribution is 7.98. The first kappa shape index (κ1) is 9.33. The van der Waals surface area contributed by atoms with Gasteiger partial charge >= 0.3 is 0 Å². The Morgan fingerprint density at radius 3 is 2.50 bits per heavy atom. The second kappa shape index (κ2) is 3.76. The largest absolute Gasteiger partial charge is 0.295 e. The number of aryl methyl sites for hydroxylation is 1. The molecular weight excluding hydrogens is 168 g/mol. The van der Waals surface area contributed by atoms with Crippen molar-refractivity contribution in [2.24, 2.45) is 0 Å². The van der Waals surface area contributed by atoms with Gasteiger partial charge in [0.05, 0.1) is 0 Å². The quantitative estimate of drug-likeness (QED) is 0.514. The molecule has 12 heavy (non-hydrogen) atoms. The highest BCUT2D eigenvalue weighted by Crippen LogP contribution is 2.18. The van der Waals surface area contributed by atoms with Crippen LogP contribution in [-0.4, -0.2) is 12.0 Å². The van der Waals surface area contributed by atoms with Gasteiger partial charge in [-0.1, -0.05) is 6.07 Å². The Bertz CT molecular complexity index is 305. The number of hydrogen-bond acceptors (Lipinski definition) is 2. The van der Waals surface area contributed by atoms with E-state index in [2.05, 4.69) is 0 Å². The van der Waals surface area contributed by atoms with E-state index >= 15 is 0 Å². The fourth-order valence-electron chi connectivity index (χ4n) is 1.16. The fraction of sp³-hybridized carbons (Fsp3) is 0.300. The predicted molar refractivity (Wildman–Crippen MR) is 53.0 cm³/mol. The summed E-state index contributed by atoms with van der Waals surface area (Å²) < 4.78 is 0. The van der Waals surface area contributed by atoms with Crippen LogP contribution in [0.3, 0.4) is 0 Å². The molecule has 0 atom stereocenters. The van der Waals surface area contributed by atoms with Gasteiger partial charge in [-0.25, -0.2) is 0 Å². The molecule has 0 N–H and O–H groups in total. The second-order valence-electron chi connectivity index (χ2n) is 2.74. The normalized spacial score (nSPS) is 9.92. The molecule has 0 unspecified atom stereocenters. The smallest absolute Gasteiger partial charge is 0.160 e. The maximum absolute atomic E-state index is 11.1. The Hall–Kier alpha value is -0.760. The summed E-state index contributed by atoms with van der Waals surface area (Å²) in [6.07, 6.45) is 2.03. The van der Waals surface area contributed by atoms with Crippen molar-refractivity contribution in [2.45, 2.75) is 18.7 Å². The Morgan fingerprint density at radius 2 is 2.08 bits per heavy atom. The SMILES string of the molecule is CSc1ccc(C(C)=O)c(C)c1. The first-order chi connectivity index (χ1) is 5.65. The summed E-state index contributed by atoms with van der Waals surface area (Å²) in [4.78, 5) is 12.3. The lowest BCUT2D eigenvalue weighted by molar-refractivity contribution is 0.101. The summed E-state index contributed by atoms with van der Waals surface area (Å²) in [5, 5.41) is 0. The molecule has 0 amide bonds. The summed E-state index contributed by atoms with van der Waals surface area (Å²) in [5.74, 6) is 0.139. The maximum Gasteiger partial charge on any atom is 0.160 e. The van der Waals surface area contributed by atoms with Crippen LogP contribution in [-0.2, 0) is 0 Å². The number of ketones is 1. The van der Waals surface area contributed by atoms with Gasteiger partial charge in [0.2, 0.25) is 0 Å². The van der Waals surface area contributed by atoms with E-state index in [1.54, 1.807) is 18.7 Å². The molecule has 0 radical (unpaired) electrons. The molecule has 0 heterocycles. The number of carbonyl (C=O) groups is 1. The van der Waals surface area contributed by atoms with E-state index in [0.29, 0.717) is 0 Å². The summed E-state index contributed by atoms with van der Waals surface area (Å²) in [6, 6.07) is 5.92. The zero-order chi connectivity index (χ0) is 9.14. The number of thioether (sulfide) groups is 1. The molecule has 0 spiro atoms. The van der Waals surface area contributed by atoms with Crippen LogP contribution in [0.25, 0.3) is 0 Å². The Balaban J connectivity index is 3.12. The average Bonchev–Trinajstić information content (AvgIpc) is 2.03. The number of benzene rings is 1. The van der Waals surface area contributed by atoms with Gasteiger partial charge in [0.25, 0.3) is 0 Å². The molecule has 0 aliphatic heterocycles. The molecule has 0 aliphatic carbocycles.